The van der Waals surface area contributed by atoms with Crippen molar-refractivity contribution in [2.75, 3.05) is 0 Å². The summed E-state index contributed by atoms with van der Waals surface area (Å²) in [6, 6.07) is 59.4. The van der Waals surface area contributed by atoms with E-state index in [2.05, 4.69) is 78.2 Å². The predicted molar refractivity (Wildman–Crippen MR) is 232 cm³/mol. The highest BCUT2D eigenvalue weighted by Crippen LogP contribution is 2.42. The molecule has 0 saturated heterocycles. The molecule has 0 bridgehead atoms. The van der Waals surface area contributed by atoms with Gasteiger partial charge in [-0.25, -0.2) is 9.98 Å². The maximum Gasteiger partial charge on any atom is 0.238 e. The highest BCUT2D eigenvalue weighted by molar-refractivity contribution is 6.27. The van der Waals surface area contributed by atoms with Crippen LogP contribution in [0.3, 0.4) is 0 Å². The molecule has 3 heterocycles. The Bertz CT molecular complexity index is 3040. The van der Waals surface area contributed by atoms with E-state index in [-0.39, 0.29) is 6.04 Å². The molecule has 7 aromatic carbocycles. The quantitative estimate of drug-likeness (QED) is 0.115. The molecular weight excluding hydrogens is 701 g/mol. The number of aromatic nitrogens is 4. The van der Waals surface area contributed by atoms with Crippen molar-refractivity contribution in [3.63, 3.8) is 0 Å². The number of furan rings is 1. The third-order valence-corrected chi connectivity index (χ3v) is 10.4. The fourth-order valence-electron chi connectivity index (χ4n) is 7.69. The summed E-state index contributed by atoms with van der Waals surface area (Å²) in [5, 5.41) is 4.01. The van der Waals surface area contributed by atoms with Crippen molar-refractivity contribution >= 4 is 55.8 Å². The van der Waals surface area contributed by atoms with Gasteiger partial charge >= 0.3 is 0 Å². The molecule has 0 N–H and O–H groups in total. The average Bonchev–Trinajstić information content (AvgIpc) is 3.84. The molecule has 1 unspecified atom stereocenters. The first-order valence-corrected chi connectivity index (χ1v) is 19.2. The smallest absolute Gasteiger partial charge is 0.238 e. The number of nitrogens with zero attached hydrogens (tertiary/aromatic N) is 6. The van der Waals surface area contributed by atoms with Crippen LogP contribution in [0.15, 0.2) is 190 Å². The Labute approximate surface area is 329 Å². The maximum atomic E-state index is 6.74. The Morgan fingerprint density at radius 2 is 1.21 bits per heavy atom. The van der Waals surface area contributed by atoms with E-state index in [1.807, 2.05) is 115 Å². The number of fused-ring (bicyclic) bond motifs is 7. The lowest BCUT2D eigenvalue weighted by Crippen LogP contribution is -2.08. The monoisotopic (exact) mass is 736 g/mol. The summed E-state index contributed by atoms with van der Waals surface area (Å²) in [6.45, 7) is 2.16. The van der Waals surface area contributed by atoms with Gasteiger partial charge in [0.25, 0.3) is 0 Å². The lowest BCUT2D eigenvalue weighted by atomic mass is 10.0. The number of benzene rings is 7. The van der Waals surface area contributed by atoms with Gasteiger partial charge in [-0.15, -0.1) is 0 Å². The summed E-state index contributed by atoms with van der Waals surface area (Å²) in [4.78, 5) is 26.0. The van der Waals surface area contributed by atoms with Gasteiger partial charge in [0.2, 0.25) is 5.95 Å². The number of para-hydroxylation sites is 2. The molecule has 57 heavy (non-hydrogen) atoms. The third-order valence-electron chi connectivity index (χ3n) is 10.4. The van der Waals surface area contributed by atoms with Gasteiger partial charge in [0, 0.05) is 44.6 Å². The Morgan fingerprint density at radius 1 is 0.632 bits per heavy atom. The standard InChI is InChI=1S/C50H36N6O/c1-2-41(33-19-7-3-8-20-33)52-47(34-21-9-4-10-22-34)51-32-37-31-40-38-27-16-18-30-43(38)57-46(40)44-39-28-15-17-29-42(39)56(45(37)44)50-54-48(35-23-11-5-12-24-35)53-49(55-50)36-25-13-6-14-26-36/h3-32,41H,2H2,1H3. The van der Waals surface area contributed by atoms with Crippen molar-refractivity contribution in [1.29, 1.82) is 0 Å². The van der Waals surface area contributed by atoms with E-state index in [4.69, 9.17) is 29.4 Å². The van der Waals surface area contributed by atoms with Crippen LogP contribution in [-0.4, -0.2) is 31.6 Å². The SMILES string of the molecule is CCC(N=C(N=Cc1cc2c3ccccc3oc2c2c3ccccc3n(-c3nc(-c4ccccc4)nc(-c4ccccc4)n3)c12)c1ccccc1)c1ccccc1. The fraction of sp³-hybridized carbons (Fsp3) is 0.0600. The van der Waals surface area contributed by atoms with Crippen LogP contribution in [0.25, 0.3) is 72.5 Å². The van der Waals surface area contributed by atoms with Gasteiger partial charge in [-0.3, -0.25) is 9.56 Å². The van der Waals surface area contributed by atoms with Gasteiger partial charge in [0.15, 0.2) is 17.5 Å². The van der Waals surface area contributed by atoms with Crippen LogP contribution in [0.4, 0.5) is 0 Å². The van der Waals surface area contributed by atoms with Gasteiger partial charge in [0.1, 0.15) is 11.2 Å². The topological polar surface area (TPSA) is 81.5 Å². The molecule has 1 atom stereocenters. The zero-order valence-corrected chi connectivity index (χ0v) is 31.2. The minimum Gasteiger partial charge on any atom is -0.455 e. The number of amidine groups is 1. The highest BCUT2D eigenvalue weighted by atomic mass is 16.3. The highest BCUT2D eigenvalue weighted by Gasteiger charge is 2.24. The van der Waals surface area contributed by atoms with E-state index in [1.54, 1.807) is 0 Å². The van der Waals surface area contributed by atoms with Crippen LogP contribution in [0.2, 0.25) is 0 Å². The molecule has 7 nitrogen and oxygen atoms in total. The molecule has 0 saturated carbocycles. The van der Waals surface area contributed by atoms with Gasteiger partial charge < -0.3 is 4.42 Å². The first-order valence-electron chi connectivity index (χ1n) is 19.2. The molecule has 0 amide bonds. The van der Waals surface area contributed by atoms with Crippen LogP contribution in [0, 0.1) is 0 Å². The summed E-state index contributed by atoms with van der Waals surface area (Å²) < 4.78 is 8.88. The Hall–Kier alpha value is -7.51. The second-order valence-corrected chi connectivity index (χ2v) is 13.9. The van der Waals surface area contributed by atoms with Crippen molar-refractivity contribution in [3.8, 4) is 28.7 Å². The molecule has 0 fully saturated rings. The molecule has 10 rings (SSSR count). The third kappa shape index (κ3) is 6.25. The molecule has 0 aliphatic carbocycles. The van der Waals surface area contributed by atoms with E-state index < -0.39 is 0 Å². The first-order chi connectivity index (χ1) is 28.2. The Kier molecular flexibility index (Phi) is 8.72. The van der Waals surface area contributed by atoms with Crippen molar-refractivity contribution in [2.45, 2.75) is 19.4 Å². The van der Waals surface area contributed by atoms with E-state index in [0.717, 1.165) is 78.0 Å². The second kappa shape index (κ2) is 14.6. The predicted octanol–water partition coefficient (Wildman–Crippen LogP) is 12.2. The van der Waals surface area contributed by atoms with Gasteiger partial charge in [-0.2, -0.15) is 9.97 Å². The Morgan fingerprint density at radius 3 is 1.88 bits per heavy atom. The molecule has 272 valence electrons. The van der Waals surface area contributed by atoms with E-state index >= 15 is 0 Å². The molecule has 0 radical (unpaired) electrons. The minimum absolute atomic E-state index is 0.0663. The van der Waals surface area contributed by atoms with Crippen LogP contribution in [-0.2, 0) is 0 Å². The van der Waals surface area contributed by atoms with Gasteiger partial charge in [-0.05, 0) is 30.2 Å². The molecule has 10 aromatic rings. The second-order valence-electron chi connectivity index (χ2n) is 13.9. The van der Waals surface area contributed by atoms with Gasteiger partial charge in [-0.1, -0.05) is 165 Å². The molecule has 0 aliphatic rings. The zero-order chi connectivity index (χ0) is 38.1. The number of hydrogen-bond donors (Lipinski definition) is 0. The van der Waals surface area contributed by atoms with Crippen LogP contribution >= 0.6 is 0 Å². The molecule has 7 heteroatoms. The van der Waals surface area contributed by atoms with E-state index in [9.17, 15) is 0 Å². The summed E-state index contributed by atoms with van der Waals surface area (Å²) in [7, 11) is 0. The largest absolute Gasteiger partial charge is 0.455 e. The number of aliphatic imine (C=N–C) groups is 2. The van der Waals surface area contributed by atoms with Crippen molar-refractivity contribution in [3.05, 3.63) is 193 Å². The van der Waals surface area contributed by atoms with Crippen LogP contribution in [0.1, 0.15) is 36.1 Å². The fourth-order valence-corrected chi connectivity index (χ4v) is 7.69. The minimum atomic E-state index is -0.0663. The summed E-state index contributed by atoms with van der Waals surface area (Å²) >= 11 is 0. The van der Waals surface area contributed by atoms with Crippen molar-refractivity contribution < 1.29 is 4.42 Å². The first kappa shape index (κ1) is 34.0. The van der Waals surface area contributed by atoms with E-state index in [0.29, 0.717) is 23.4 Å². The molecule has 0 aliphatic heterocycles. The molecule has 0 spiro atoms. The van der Waals surface area contributed by atoms with Crippen LogP contribution in [0.5, 0.6) is 0 Å². The zero-order valence-electron chi connectivity index (χ0n) is 31.2. The number of rotatable bonds is 8. The normalized spacial score (nSPS) is 12.7. The average molecular weight is 737 g/mol. The summed E-state index contributed by atoms with van der Waals surface area (Å²) in [5.74, 6) is 2.30. The van der Waals surface area contributed by atoms with E-state index in [1.165, 1.54) is 0 Å². The number of hydrogen-bond acceptors (Lipinski definition) is 5. The summed E-state index contributed by atoms with van der Waals surface area (Å²) in [6.07, 6.45) is 2.77. The van der Waals surface area contributed by atoms with Crippen LogP contribution < -0.4 is 0 Å². The van der Waals surface area contributed by atoms with Crippen molar-refractivity contribution in [2.24, 2.45) is 9.98 Å². The van der Waals surface area contributed by atoms with Crippen molar-refractivity contribution in [1.82, 2.24) is 19.5 Å². The molecular formula is C50H36N6O. The van der Waals surface area contributed by atoms with Gasteiger partial charge in [0.05, 0.1) is 22.5 Å². The summed E-state index contributed by atoms with van der Waals surface area (Å²) in [5.41, 5.74) is 8.18. The lowest BCUT2D eigenvalue weighted by molar-refractivity contribution is 0.673. The Balaban J connectivity index is 1.28. The maximum absolute atomic E-state index is 6.74. The molecule has 3 aromatic heterocycles. The lowest BCUT2D eigenvalue weighted by Gasteiger charge is -2.13.